The summed E-state index contributed by atoms with van der Waals surface area (Å²) in [7, 11) is 0. The second kappa shape index (κ2) is 17.4. The van der Waals surface area contributed by atoms with Crippen molar-refractivity contribution in [2.24, 2.45) is 0 Å². The number of amides is 3. The zero-order valence-corrected chi connectivity index (χ0v) is 22.8. The fraction of sp³-hybridized carbons (Fsp3) is 0.483. The number of ether oxygens (including phenoxy) is 1. The number of unbranched alkanes of at least 4 members (excludes halogenated alkanes) is 4. The van der Waals surface area contributed by atoms with Gasteiger partial charge in [0.25, 0.3) is 0 Å². The first kappa shape index (κ1) is 30.2. The van der Waals surface area contributed by atoms with E-state index in [9.17, 15) is 14.4 Å². The van der Waals surface area contributed by atoms with Gasteiger partial charge in [-0.2, -0.15) is 0 Å². The Labute approximate surface area is 225 Å². The van der Waals surface area contributed by atoms with Crippen molar-refractivity contribution < 1.29 is 19.1 Å². The Bertz CT molecular complexity index is 943. The maximum atomic E-state index is 13.6. The number of benzene rings is 2. The summed E-state index contributed by atoms with van der Waals surface area (Å²) in [6.45, 7) is 5.67. The number of nitrogens with zero attached hydrogens (tertiary/aromatic N) is 1. The molecule has 202 valence electrons. The van der Waals surface area contributed by atoms with Crippen LogP contribution < -0.4 is 10.6 Å². The second-order valence-electron chi connectivity index (χ2n) is 9.08. The molecule has 3 amide bonds. The number of carbonyl (C=O) groups excluding carboxylic acids is 3. The van der Waals surface area contributed by atoms with Gasteiger partial charge in [-0.15, -0.1) is 0 Å². The van der Waals surface area contributed by atoms with Gasteiger partial charge < -0.3 is 20.3 Å². The molecule has 7 nitrogen and oxygen atoms in total. The van der Waals surface area contributed by atoms with Crippen LogP contribution in [0.5, 0.6) is 0 Å². The number of carbonyl (C=O) groups is 3. The van der Waals surface area contributed by atoms with Crippen LogP contribution in [0, 0.1) is 0 Å². The van der Waals surface area contributed by atoms with Crippen molar-refractivity contribution in [1.29, 1.82) is 0 Å². The molecule has 2 aromatic rings. The topological polar surface area (TPSA) is 87.7 Å². The number of anilines is 1. The van der Waals surface area contributed by atoms with Gasteiger partial charge in [0.05, 0.1) is 0 Å². The van der Waals surface area contributed by atoms with Gasteiger partial charge >= 0.3 is 12.0 Å². The Morgan fingerprint density at radius 2 is 1.51 bits per heavy atom. The second-order valence-corrected chi connectivity index (χ2v) is 9.52. The standard InChI is InChI=1S/C29H40ClN3O4/c1-3-5-10-20-33(21-11-6-4-2)28(35)26(32-29(36)31-25-16-14-24(30)15-17-25)18-19-27(34)37-22-23-12-8-7-9-13-23/h7-9,12-17,26H,3-6,10-11,18-22H2,1-2H3,(H2,31,32,36)/t26-/m1/s1. The van der Waals surface area contributed by atoms with Gasteiger partial charge in [0, 0.05) is 30.2 Å². The van der Waals surface area contributed by atoms with Crippen LogP contribution in [0.1, 0.15) is 70.8 Å². The molecule has 0 fully saturated rings. The summed E-state index contributed by atoms with van der Waals surface area (Å²) < 4.78 is 5.38. The Morgan fingerprint density at radius 1 is 0.892 bits per heavy atom. The lowest BCUT2D eigenvalue weighted by Crippen LogP contribution is -2.50. The Morgan fingerprint density at radius 3 is 2.11 bits per heavy atom. The van der Waals surface area contributed by atoms with E-state index in [0.29, 0.717) is 23.8 Å². The molecule has 0 aliphatic rings. The molecule has 1 atom stereocenters. The van der Waals surface area contributed by atoms with Gasteiger partial charge in [-0.25, -0.2) is 4.79 Å². The van der Waals surface area contributed by atoms with E-state index in [1.54, 1.807) is 24.3 Å². The fourth-order valence-corrected chi connectivity index (χ4v) is 3.97. The monoisotopic (exact) mass is 529 g/mol. The van der Waals surface area contributed by atoms with Crippen LogP contribution in [-0.4, -0.2) is 41.9 Å². The molecule has 0 spiro atoms. The van der Waals surface area contributed by atoms with Crippen molar-refractivity contribution in [1.82, 2.24) is 10.2 Å². The van der Waals surface area contributed by atoms with Crippen molar-refractivity contribution in [2.75, 3.05) is 18.4 Å². The number of hydrogen-bond acceptors (Lipinski definition) is 4. The lowest BCUT2D eigenvalue weighted by molar-refractivity contribution is -0.145. The van der Waals surface area contributed by atoms with Crippen molar-refractivity contribution in [2.45, 2.75) is 77.9 Å². The number of nitrogens with one attached hydrogen (secondary N) is 2. The number of hydrogen-bond donors (Lipinski definition) is 2. The van der Waals surface area contributed by atoms with E-state index in [1.165, 1.54) is 0 Å². The molecule has 0 saturated carbocycles. The van der Waals surface area contributed by atoms with Crippen LogP contribution in [0.3, 0.4) is 0 Å². The number of rotatable bonds is 16. The van der Waals surface area contributed by atoms with Crippen LogP contribution in [0.2, 0.25) is 5.02 Å². The summed E-state index contributed by atoms with van der Waals surface area (Å²) in [6.07, 6.45) is 6.12. The third kappa shape index (κ3) is 12.2. The minimum atomic E-state index is -0.847. The molecular weight excluding hydrogens is 490 g/mol. The Kier molecular flexibility index (Phi) is 14.2. The van der Waals surface area contributed by atoms with Crippen molar-refractivity contribution in [3.8, 4) is 0 Å². The summed E-state index contributed by atoms with van der Waals surface area (Å²) in [5.74, 6) is -0.584. The molecule has 0 bridgehead atoms. The first-order valence-corrected chi connectivity index (χ1v) is 13.6. The van der Waals surface area contributed by atoms with E-state index in [4.69, 9.17) is 16.3 Å². The molecule has 0 aromatic heterocycles. The molecule has 2 N–H and O–H groups in total. The summed E-state index contributed by atoms with van der Waals surface area (Å²) >= 11 is 5.93. The minimum absolute atomic E-state index is 0.0161. The maximum absolute atomic E-state index is 13.6. The maximum Gasteiger partial charge on any atom is 0.319 e. The minimum Gasteiger partial charge on any atom is -0.461 e. The molecule has 0 heterocycles. The molecule has 0 aliphatic carbocycles. The fourth-order valence-electron chi connectivity index (χ4n) is 3.85. The zero-order chi connectivity index (χ0) is 26.9. The average Bonchev–Trinajstić information content (AvgIpc) is 2.90. The number of esters is 1. The molecule has 0 aliphatic heterocycles. The summed E-state index contributed by atoms with van der Waals surface area (Å²) in [5.41, 5.74) is 1.44. The van der Waals surface area contributed by atoms with Crippen LogP contribution in [0.4, 0.5) is 10.5 Å². The lowest BCUT2D eigenvalue weighted by Gasteiger charge is -2.28. The number of halogens is 1. The first-order chi connectivity index (χ1) is 17.9. The van der Waals surface area contributed by atoms with E-state index < -0.39 is 18.0 Å². The Hall–Kier alpha value is -3.06. The van der Waals surface area contributed by atoms with Gasteiger partial charge in [0.1, 0.15) is 12.6 Å². The molecule has 2 rings (SSSR count). The molecule has 0 saturated heterocycles. The van der Waals surface area contributed by atoms with E-state index in [0.717, 1.165) is 44.1 Å². The van der Waals surface area contributed by atoms with Crippen molar-refractivity contribution in [3.63, 3.8) is 0 Å². The third-order valence-corrected chi connectivity index (χ3v) is 6.21. The molecule has 8 heteroatoms. The molecule has 2 aromatic carbocycles. The third-order valence-electron chi connectivity index (χ3n) is 5.96. The zero-order valence-electron chi connectivity index (χ0n) is 22.0. The van der Waals surface area contributed by atoms with Crippen LogP contribution in [0.25, 0.3) is 0 Å². The first-order valence-electron chi connectivity index (χ1n) is 13.2. The molecule has 0 unspecified atom stereocenters. The van der Waals surface area contributed by atoms with E-state index >= 15 is 0 Å². The molecule has 0 radical (unpaired) electrons. The van der Waals surface area contributed by atoms with Crippen LogP contribution in [-0.2, 0) is 20.9 Å². The van der Waals surface area contributed by atoms with Crippen LogP contribution in [0.15, 0.2) is 54.6 Å². The summed E-state index contributed by atoms with van der Waals surface area (Å²) in [6, 6.07) is 14.8. The number of urea groups is 1. The van der Waals surface area contributed by atoms with E-state index in [2.05, 4.69) is 24.5 Å². The molecule has 37 heavy (non-hydrogen) atoms. The highest BCUT2D eigenvalue weighted by molar-refractivity contribution is 6.30. The van der Waals surface area contributed by atoms with Gasteiger partial charge in [-0.3, -0.25) is 9.59 Å². The van der Waals surface area contributed by atoms with Gasteiger partial charge in [0.15, 0.2) is 0 Å². The van der Waals surface area contributed by atoms with Crippen molar-refractivity contribution in [3.05, 3.63) is 65.2 Å². The lowest BCUT2D eigenvalue weighted by atomic mass is 10.1. The van der Waals surface area contributed by atoms with Gasteiger partial charge in [-0.05, 0) is 49.1 Å². The predicted molar refractivity (Wildman–Crippen MR) is 148 cm³/mol. The van der Waals surface area contributed by atoms with E-state index in [-0.39, 0.29) is 25.4 Å². The summed E-state index contributed by atoms with van der Waals surface area (Å²) in [5, 5.41) is 6.08. The summed E-state index contributed by atoms with van der Waals surface area (Å²) in [4.78, 5) is 40.6. The normalized spacial score (nSPS) is 11.4. The smallest absolute Gasteiger partial charge is 0.319 e. The van der Waals surface area contributed by atoms with Crippen LogP contribution >= 0.6 is 11.6 Å². The van der Waals surface area contributed by atoms with Gasteiger partial charge in [0.2, 0.25) is 5.91 Å². The average molecular weight is 530 g/mol. The van der Waals surface area contributed by atoms with E-state index in [1.807, 2.05) is 35.2 Å². The van der Waals surface area contributed by atoms with Gasteiger partial charge in [-0.1, -0.05) is 81.5 Å². The highest BCUT2D eigenvalue weighted by atomic mass is 35.5. The highest BCUT2D eigenvalue weighted by Crippen LogP contribution is 2.14. The SMILES string of the molecule is CCCCCN(CCCCC)C(=O)[C@@H](CCC(=O)OCc1ccccc1)NC(=O)Nc1ccc(Cl)cc1. The largest absolute Gasteiger partial charge is 0.461 e. The Balaban J connectivity index is 2.05. The van der Waals surface area contributed by atoms with Crippen molar-refractivity contribution >= 4 is 35.2 Å². The molecular formula is C29H40ClN3O4. The quantitative estimate of drug-likeness (QED) is 0.190. The predicted octanol–water partition coefficient (Wildman–Crippen LogP) is 6.56. The highest BCUT2D eigenvalue weighted by Gasteiger charge is 2.26.